The zero-order valence-electron chi connectivity index (χ0n) is 16.9. The van der Waals surface area contributed by atoms with E-state index in [9.17, 15) is 9.59 Å². The van der Waals surface area contributed by atoms with Crippen LogP contribution in [0.1, 0.15) is 6.92 Å². The van der Waals surface area contributed by atoms with Gasteiger partial charge in [-0.25, -0.2) is 0 Å². The first-order valence-corrected chi connectivity index (χ1v) is 8.13. The molecular formula is C19H26O10Y-2. The standard InChI is InChI=1S/C10H15O5.C9H11O5.Y/c1-4-14-7-10(5-12-2,6-13-3)8-15-9-11;1-11-4-9(5-12-2,6-13-3)7-14-8-10;/h2-3H,4-8H2,1H3;1-3H,4-7H2;/q2*-1;. The number of carbonyl (C=O) groups excluding carboxylic acids is 2. The topological polar surface area (TPSA) is 108 Å². The predicted octanol–water partition coefficient (Wildman–Crippen LogP) is 0.573. The molecule has 0 rings (SSSR count). The molecular weight excluding hydrogens is 477 g/mol. The summed E-state index contributed by atoms with van der Waals surface area (Å²) in [5, 5.41) is 0. The third kappa shape index (κ3) is 16.5. The molecule has 0 aromatic carbocycles. The van der Waals surface area contributed by atoms with Crippen molar-refractivity contribution in [3.05, 3.63) is 35.5 Å². The van der Waals surface area contributed by atoms with E-state index in [1.54, 1.807) is 0 Å². The van der Waals surface area contributed by atoms with E-state index in [0.717, 1.165) is 0 Å². The average molecular weight is 503 g/mol. The fraction of sp³-hybridized carbons (Fsp3) is 0.632. The minimum atomic E-state index is -0.824. The zero-order valence-corrected chi connectivity index (χ0v) is 19.7. The van der Waals surface area contributed by atoms with Crippen LogP contribution in [0.3, 0.4) is 0 Å². The molecule has 0 bridgehead atoms. The van der Waals surface area contributed by atoms with Crippen molar-refractivity contribution in [3.8, 4) is 0 Å². The molecule has 11 heteroatoms. The first-order valence-electron chi connectivity index (χ1n) is 8.13. The van der Waals surface area contributed by atoms with Crippen molar-refractivity contribution in [2.24, 2.45) is 10.8 Å². The molecule has 0 aliphatic rings. The van der Waals surface area contributed by atoms with E-state index in [4.69, 9.17) is 40.3 Å². The van der Waals surface area contributed by atoms with Crippen molar-refractivity contribution in [1.82, 2.24) is 0 Å². The van der Waals surface area contributed by atoms with Crippen molar-refractivity contribution in [2.75, 3.05) is 59.5 Å². The first kappa shape index (κ1) is 34.4. The van der Waals surface area contributed by atoms with Crippen LogP contribution in [0.15, 0.2) is 0 Å². The van der Waals surface area contributed by atoms with Gasteiger partial charge in [-0.15, -0.1) is 0 Å². The molecule has 0 atom stereocenters. The van der Waals surface area contributed by atoms with Gasteiger partial charge in [-0.1, -0.05) is 12.9 Å². The number of ether oxygens (including phenoxy) is 8. The molecule has 0 aromatic rings. The summed E-state index contributed by atoms with van der Waals surface area (Å²) in [6.45, 7) is 5.40. The van der Waals surface area contributed by atoms with Crippen LogP contribution in [0.2, 0.25) is 0 Å². The maximum absolute atomic E-state index is 10.0. The summed E-state index contributed by atoms with van der Waals surface area (Å²) < 4.78 is 36.6. The Balaban J connectivity index is -0.000000471. The molecule has 0 saturated heterocycles. The van der Waals surface area contributed by atoms with Crippen molar-refractivity contribution < 1.29 is 80.2 Å². The van der Waals surface area contributed by atoms with Gasteiger partial charge in [-0.2, -0.15) is 0 Å². The number of hydrogen-bond donors (Lipinski definition) is 0. The van der Waals surface area contributed by atoms with Crippen LogP contribution in [0.4, 0.5) is 0 Å². The molecule has 0 heterocycles. The smallest absolute Gasteiger partial charge is 0.115 e. The van der Waals surface area contributed by atoms with Gasteiger partial charge in [0.25, 0.3) is 0 Å². The SMILES string of the molecule is [CH]OCC(CO[CH])(CO[C-]=O)COCC.[CH]OCC(CO[CH])(CO[CH])CO[C-]=O.[Y]. The number of hydrogen-bond acceptors (Lipinski definition) is 10. The molecule has 0 unspecified atom stereocenters. The minimum absolute atomic E-state index is 0. The van der Waals surface area contributed by atoms with Crippen molar-refractivity contribution in [3.63, 3.8) is 0 Å². The summed E-state index contributed by atoms with van der Waals surface area (Å²) in [5.41, 5.74) is -1.52. The van der Waals surface area contributed by atoms with E-state index >= 15 is 0 Å². The molecule has 0 aromatic heterocycles. The second-order valence-corrected chi connectivity index (χ2v) is 5.94. The van der Waals surface area contributed by atoms with Crippen molar-refractivity contribution in [1.29, 1.82) is 0 Å². The second-order valence-electron chi connectivity index (χ2n) is 5.94. The van der Waals surface area contributed by atoms with Crippen LogP contribution in [-0.2, 0) is 80.2 Å². The number of rotatable bonds is 19. The van der Waals surface area contributed by atoms with Gasteiger partial charge in [-0.05, 0) is 6.92 Å². The van der Waals surface area contributed by atoms with Gasteiger partial charge < -0.3 is 47.5 Å². The van der Waals surface area contributed by atoms with Gasteiger partial charge in [0.15, 0.2) is 0 Å². The van der Waals surface area contributed by atoms with E-state index in [1.807, 2.05) is 6.92 Å². The Hall–Kier alpha value is -0.196. The maximum Gasteiger partial charge on any atom is 0.115 e. The van der Waals surface area contributed by atoms with Gasteiger partial charge >= 0.3 is 0 Å². The van der Waals surface area contributed by atoms with Gasteiger partial charge in [0.05, 0.1) is 63.7 Å². The Morgan fingerprint density at radius 1 is 0.600 bits per heavy atom. The van der Waals surface area contributed by atoms with Crippen molar-refractivity contribution >= 4 is 12.9 Å². The van der Waals surface area contributed by atoms with E-state index < -0.39 is 10.8 Å². The van der Waals surface area contributed by atoms with Gasteiger partial charge in [0.1, 0.15) is 35.5 Å². The molecule has 167 valence electrons. The van der Waals surface area contributed by atoms with E-state index in [0.29, 0.717) is 6.61 Å². The summed E-state index contributed by atoms with van der Waals surface area (Å²) in [6.07, 6.45) is 0. The van der Waals surface area contributed by atoms with Crippen LogP contribution >= 0.6 is 0 Å². The van der Waals surface area contributed by atoms with Gasteiger partial charge in [0.2, 0.25) is 0 Å². The zero-order chi connectivity index (χ0) is 22.4. The largest absolute Gasteiger partial charge is 0.652 e. The molecule has 0 spiro atoms. The summed E-state index contributed by atoms with van der Waals surface area (Å²) in [7, 11) is 24.7. The van der Waals surface area contributed by atoms with E-state index in [1.165, 1.54) is 12.9 Å². The Morgan fingerprint density at radius 2 is 0.900 bits per heavy atom. The third-order valence-corrected chi connectivity index (χ3v) is 3.43. The predicted molar refractivity (Wildman–Crippen MR) is 95.9 cm³/mol. The molecule has 0 N–H and O–H groups in total. The fourth-order valence-corrected chi connectivity index (χ4v) is 2.07. The Bertz CT molecular complexity index is 361. The normalized spacial score (nSPS) is 11.0. The van der Waals surface area contributed by atoms with Crippen molar-refractivity contribution in [2.45, 2.75) is 6.92 Å². The van der Waals surface area contributed by atoms with E-state index in [-0.39, 0.29) is 85.6 Å². The van der Waals surface area contributed by atoms with Crippen LogP contribution < -0.4 is 0 Å². The van der Waals surface area contributed by atoms with Crippen LogP contribution in [0.5, 0.6) is 0 Å². The van der Waals surface area contributed by atoms with Crippen LogP contribution in [0, 0.1) is 46.4 Å². The molecule has 0 fully saturated rings. The summed E-state index contributed by atoms with van der Waals surface area (Å²) in [6, 6.07) is 0. The molecule has 0 amide bonds. The maximum atomic E-state index is 10.0. The minimum Gasteiger partial charge on any atom is -0.652 e. The summed E-state index contributed by atoms with van der Waals surface area (Å²) in [5.74, 6) is 0. The molecule has 10 nitrogen and oxygen atoms in total. The quantitative estimate of drug-likeness (QED) is 0.232. The fourth-order valence-electron chi connectivity index (χ4n) is 2.07. The Labute approximate surface area is 205 Å². The monoisotopic (exact) mass is 503 g/mol. The second kappa shape index (κ2) is 23.5. The Kier molecular flexibility index (Phi) is 26.9. The third-order valence-electron chi connectivity index (χ3n) is 3.43. The van der Waals surface area contributed by atoms with Gasteiger partial charge in [0, 0.05) is 39.3 Å². The average Bonchev–Trinajstić information content (AvgIpc) is 2.71. The van der Waals surface area contributed by atoms with E-state index in [2.05, 4.69) is 33.2 Å². The Morgan fingerprint density at radius 3 is 1.13 bits per heavy atom. The van der Waals surface area contributed by atoms with Gasteiger partial charge in [-0.3, -0.25) is 0 Å². The summed E-state index contributed by atoms with van der Waals surface area (Å²) in [4.78, 5) is 19.9. The molecule has 0 saturated carbocycles. The summed E-state index contributed by atoms with van der Waals surface area (Å²) >= 11 is 0. The molecule has 11 radical (unpaired) electrons. The van der Waals surface area contributed by atoms with Crippen LogP contribution in [0.25, 0.3) is 0 Å². The first-order chi connectivity index (χ1) is 14.0. The van der Waals surface area contributed by atoms with Crippen LogP contribution in [-0.4, -0.2) is 72.4 Å². The molecule has 30 heavy (non-hydrogen) atoms. The molecule has 0 aliphatic heterocycles. The molecule has 0 aliphatic carbocycles.